The SMILES string of the molecule is CC(=O)[C@H]1CC[C@H]2[C@@H]3CC[C@H]4CC[C@@H](N5CCSC(C)(C)C5)C(O)[C@]4(C)[C@H]3C(=O)C[C@]12C.O=C(O)CC(O)(CC(=O)O)C(=O)O. The van der Waals surface area contributed by atoms with Crippen LogP contribution in [0, 0.1) is 40.4 Å². The highest BCUT2D eigenvalue weighted by molar-refractivity contribution is 8.00. The molecule has 4 saturated carbocycles. The van der Waals surface area contributed by atoms with Crippen molar-refractivity contribution in [2.24, 2.45) is 40.4 Å². The molecule has 1 unspecified atom stereocenters. The number of hydrogen-bond donors (Lipinski definition) is 5. The monoisotopic (exact) mass is 653 g/mol. The summed E-state index contributed by atoms with van der Waals surface area (Å²) in [6, 6.07) is 0.171. The van der Waals surface area contributed by atoms with Crippen LogP contribution in [-0.2, 0) is 24.0 Å². The first-order valence-electron chi connectivity index (χ1n) is 16.3. The van der Waals surface area contributed by atoms with Crippen LogP contribution in [0.25, 0.3) is 0 Å². The molecule has 5 rings (SSSR count). The maximum atomic E-state index is 13.9. The summed E-state index contributed by atoms with van der Waals surface area (Å²) in [5, 5.41) is 45.8. The number of carbonyl (C=O) groups excluding carboxylic acids is 2. The average Bonchev–Trinajstić information content (AvgIpc) is 3.25. The summed E-state index contributed by atoms with van der Waals surface area (Å²) in [6.45, 7) is 12.9. The van der Waals surface area contributed by atoms with E-state index in [0.717, 1.165) is 57.4 Å². The van der Waals surface area contributed by atoms with Crippen LogP contribution in [0.5, 0.6) is 0 Å². The normalized spacial score (nSPS) is 39.4. The molecule has 5 N–H and O–H groups in total. The summed E-state index contributed by atoms with van der Waals surface area (Å²) in [5.41, 5.74) is -3.23. The van der Waals surface area contributed by atoms with Gasteiger partial charge in [0.25, 0.3) is 0 Å². The van der Waals surface area contributed by atoms with E-state index in [9.17, 15) is 29.1 Å². The van der Waals surface area contributed by atoms with E-state index < -0.39 is 42.5 Å². The Hall–Kier alpha value is -2.02. The van der Waals surface area contributed by atoms with Crippen molar-refractivity contribution in [3.8, 4) is 0 Å². The minimum Gasteiger partial charge on any atom is -0.481 e. The van der Waals surface area contributed by atoms with Gasteiger partial charge in [-0.25, -0.2) is 4.79 Å². The number of aliphatic hydroxyl groups is 2. The molecule has 11 nitrogen and oxygen atoms in total. The third-order valence-electron chi connectivity index (χ3n) is 12.2. The standard InChI is InChI=1S/C27H43NO3S.C6H8O7/c1-16(29)19-9-10-20-18-8-6-17-7-11-21(28-12-13-32-25(2,3)15-28)24(31)27(17,5)23(18)22(30)14-26(19,20)4;7-3(8)1-6(13,5(11)12)2-4(9)10/h17-21,23-24,31H,6-15H2,1-5H3;13H,1-2H2,(H,7,8)(H,9,10)(H,11,12)/t17-,18-,19+,20-,21+,23+,24?,26+,27-;/m0./s1. The predicted molar refractivity (Wildman–Crippen MR) is 167 cm³/mol. The van der Waals surface area contributed by atoms with Gasteiger partial charge in [-0.05, 0) is 82.5 Å². The molecule has 0 bridgehead atoms. The zero-order chi connectivity index (χ0) is 33.7. The van der Waals surface area contributed by atoms with Crippen molar-refractivity contribution in [3.05, 3.63) is 0 Å². The van der Waals surface area contributed by atoms with Crippen molar-refractivity contribution in [1.82, 2.24) is 4.90 Å². The molecule has 5 fully saturated rings. The van der Waals surface area contributed by atoms with Crippen LogP contribution in [-0.4, -0.2) is 101 Å². The van der Waals surface area contributed by atoms with Gasteiger partial charge in [-0.2, -0.15) is 11.8 Å². The second kappa shape index (κ2) is 12.9. The molecule has 1 saturated heterocycles. The summed E-state index contributed by atoms with van der Waals surface area (Å²) in [6.07, 6.45) is 4.26. The van der Waals surface area contributed by atoms with Gasteiger partial charge in [0.05, 0.1) is 18.9 Å². The second-order valence-electron chi connectivity index (χ2n) is 15.4. The fourth-order valence-electron chi connectivity index (χ4n) is 10.2. The van der Waals surface area contributed by atoms with Gasteiger partial charge in [-0.3, -0.25) is 24.1 Å². The first-order valence-corrected chi connectivity index (χ1v) is 17.2. The predicted octanol–water partition coefficient (Wildman–Crippen LogP) is 3.33. The average molecular weight is 654 g/mol. The Morgan fingerprint density at radius 2 is 1.53 bits per heavy atom. The number of Topliss-reactive ketones (excluding diaryl/α,β-unsaturated/α-hetero) is 2. The van der Waals surface area contributed by atoms with E-state index in [4.69, 9.17) is 20.4 Å². The maximum Gasteiger partial charge on any atom is 0.336 e. The summed E-state index contributed by atoms with van der Waals surface area (Å²) < 4.78 is 0.221. The fraction of sp³-hybridized carbons (Fsp3) is 0.848. The van der Waals surface area contributed by atoms with Crippen LogP contribution in [0.2, 0.25) is 0 Å². The number of aliphatic carboxylic acids is 3. The third kappa shape index (κ3) is 6.71. The third-order valence-corrected chi connectivity index (χ3v) is 13.5. The van der Waals surface area contributed by atoms with Crippen molar-refractivity contribution in [2.75, 3.05) is 18.8 Å². The molecule has 0 radical (unpaired) electrons. The Bertz CT molecular complexity index is 1190. The Morgan fingerprint density at radius 3 is 2.07 bits per heavy atom. The number of carboxylic acid groups (broad SMARTS) is 3. The van der Waals surface area contributed by atoms with E-state index in [-0.39, 0.29) is 39.2 Å². The number of ketones is 2. The van der Waals surface area contributed by atoms with Gasteiger partial charge in [0.2, 0.25) is 0 Å². The lowest BCUT2D eigenvalue weighted by Gasteiger charge is -2.63. The number of carbonyl (C=O) groups is 5. The molecule has 45 heavy (non-hydrogen) atoms. The van der Waals surface area contributed by atoms with Gasteiger partial charge in [0.15, 0.2) is 5.60 Å². The first kappa shape index (κ1) is 35.8. The van der Waals surface area contributed by atoms with Gasteiger partial charge in [0.1, 0.15) is 11.6 Å². The summed E-state index contributed by atoms with van der Waals surface area (Å²) in [7, 11) is 0. The number of fused-ring (bicyclic) bond motifs is 5. The Kier molecular flexibility index (Phi) is 10.3. The number of carboxylic acids is 3. The van der Waals surface area contributed by atoms with Crippen LogP contribution in [0.4, 0.5) is 0 Å². The molecule has 1 heterocycles. The number of nitrogens with zero attached hydrogens (tertiary/aromatic N) is 1. The summed E-state index contributed by atoms with van der Waals surface area (Å²) in [5.74, 6) is -2.03. The topological polar surface area (TPSA) is 190 Å². The first-order chi connectivity index (χ1) is 20.8. The lowest BCUT2D eigenvalue weighted by Crippen LogP contribution is -2.66. The molecule has 9 atom stereocenters. The number of rotatable bonds is 7. The van der Waals surface area contributed by atoms with E-state index in [1.807, 2.05) is 11.8 Å². The zero-order valence-electron chi connectivity index (χ0n) is 27.2. The van der Waals surface area contributed by atoms with E-state index in [2.05, 4.69) is 32.6 Å². The van der Waals surface area contributed by atoms with E-state index >= 15 is 0 Å². The molecule has 0 amide bonds. The molecular weight excluding hydrogens is 602 g/mol. The molecule has 0 aromatic rings. The van der Waals surface area contributed by atoms with Gasteiger partial charge in [-0.15, -0.1) is 0 Å². The second-order valence-corrected chi connectivity index (χ2v) is 17.2. The van der Waals surface area contributed by atoms with Crippen molar-refractivity contribution in [2.45, 2.75) is 115 Å². The number of aliphatic hydroxyl groups excluding tert-OH is 1. The zero-order valence-corrected chi connectivity index (χ0v) is 28.0. The molecule has 0 aromatic carbocycles. The van der Waals surface area contributed by atoms with Gasteiger partial charge < -0.3 is 25.5 Å². The van der Waals surface area contributed by atoms with Crippen LogP contribution >= 0.6 is 11.8 Å². The van der Waals surface area contributed by atoms with Crippen LogP contribution in [0.3, 0.4) is 0 Å². The number of thioether (sulfide) groups is 1. The smallest absolute Gasteiger partial charge is 0.336 e. The molecule has 254 valence electrons. The van der Waals surface area contributed by atoms with Crippen molar-refractivity contribution >= 4 is 41.2 Å². The Balaban J connectivity index is 0.000000302. The van der Waals surface area contributed by atoms with Gasteiger partial charge in [0, 0.05) is 53.3 Å². The van der Waals surface area contributed by atoms with E-state index in [1.165, 1.54) is 0 Å². The lowest BCUT2D eigenvalue weighted by molar-refractivity contribution is -0.189. The molecule has 0 spiro atoms. The molecule has 0 aromatic heterocycles. The van der Waals surface area contributed by atoms with Crippen molar-refractivity contribution < 1.29 is 49.5 Å². The molecule has 12 heteroatoms. The summed E-state index contributed by atoms with van der Waals surface area (Å²) >= 11 is 2.04. The highest BCUT2D eigenvalue weighted by Crippen LogP contribution is 2.66. The highest BCUT2D eigenvalue weighted by Gasteiger charge is 2.66. The fourth-order valence-corrected chi connectivity index (χ4v) is 11.4. The van der Waals surface area contributed by atoms with Crippen molar-refractivity contribution in [1.29, 1.82) is 0 Å². The molecule has 1 aliphatic heterocycles. The minimum absolute atomic E-state index is 0.0324. The number of hydrogen-bond acceptors (Lipinski definition) is 9. The van der Waals surface area contributed by atoms with E-state index in [1.54, 1.807) is 6.92 Å². The van der Waals surface area contributed by atoms with Crippen LogP contribution in [0.15, 0.2) is 0 Å². The summed E-state index contributed by atoms with van der Waals surface area (Å²) in [4.78, 5) is 59.4. The molecule has 5 aliphatic rings. The van der Waals surface area contributed by atoms with Crippen LogP contribution in [0.1, 0.15) is 92.4 Å². The maximum absolute atomic E-state index is 13.9. The Labute approximate surface area is 269 Å². The highest BCUT2D eigenvalue weighted by atomic mass is 32.2. The molecule has 4 aliphatic carbocycles. The van der Waals surface area contributed by atoms with Gasteiger partial charge in [-0.1, -0.05) is 13.8 Å². The Morgan fingerprint density at radius 1 is 0.933 bits per heavy atom. The van der Waals surface area contributed by atoms with Crippen molar-refractivity contribution in [3.63, 3.8) is 0 Å². The largest absolute Gasteiger partial charge is 0.481 e. The van der Waals surface area contributed by atoms with Crippen LogP contribution < -0.4 is 0 Å². The lowest BCUT2D eigenvalue weighted by atomic mass is 9.43. The molecular formula is C33H51NO10S. The minimum atomic E-state index is -2.74. The van der Waals surface area contributed by atoms with E-state index in [0.29, 0.717) is 30.0 Å². The quantitative estimate of drug-likeness (QED) is 0.270. The van der Waals surface area contributed by atoms with Gasteiger partial charge >= 0.3 is 17.9 Å².